The van der Waals surface area contributed by atoms with Crippen LogP contribution >= 0.6 is 0 Å². The Kier molecular flexibility index (Phi) is 6.13. The van der Waals surface area contributed by atoms with Crippen LogP contribution in [0.4, 0.5) is 0 Å². The molecule has 0 saturated carbocycles. The third-order valence-electron chi connectivity index (χ3n) is 5.67. The van der Waals surface area contributed by atoms with Crippen LogP contribution < -0.4 is 0 Å². The highest BCUT2D eigenvalue weighted by Gasteiger charge is 2.28. The number of ether oxygens (including phenoxy) is 1. The summed E-state index contributed by atoms with van der Waals surface area (Å²) in [5.74, 6) is 0.321. The molecule has 0 radical (unpaired) electrons. The standard InChI is InChI=1S/C21H32N2O2/c1-16-7-8-17(2)19(13-16)20-14-23(18(3)15-25-20)12-9-21(24)22-10-5-4-6-11-22/h7-8,13,18,20H,4-6,9-12,14-15H2,1-3H3/t18-,20+/m0/s1. The van der Waals surface area contributed by atoms with Crippen LogP contribution in [0.5, 0.6) is 0 Å². The highest BCUT2D eigenvalue weighted by atomic mass is 16.5. The van der Waals surface area contributed by atoms with Crippen molar-refractivity contribution in [2.24, 2.45) is 0 Å². The molecule has 1 aromatic rings. The summed E-state index contributed by atoms with van der Waals surface area (Å²) in [5, 5.41) is 0. The number of morpholine rings is 1. The van der Waals surface area contributed by atoms with E-state index < -0.39 is 0 Å². The van der Waals surface area contributed by atoms with Crippen molar-refractivity contribution in [1.29, 1.82) is 0 Å². The van der Waals surface area contributed by atoms with Crippen molar-refractivity contribution in [3.63, 3.8) is 0 Å². The predicted molar refractivity (Wildman–Crippen MR) is 101 cm³/mol. The summed E-state index contributed by atoms with van der Waals surface area (Å²) in [6, 6.07) is 6.94. The van der Waals surface area contributed by atoms with Gasteiger partial charge in [-0.05, 0) is 51.2 Å². The van der Waals surface area contributed by atoms with E-state index in [0.29, 0.717) is 18.4 Å². The molecule has 0 N–H and O–H groups in total. The van der Waals surface area contributed by atoms with E-state index in [9.17, 15) is 4.79 Å². The van der Waals surface area contributed by atoms with Crippen LogP contribution in [0.3, 0.4) is 0 Å². The first kappa shape index (κ1) is 18.4. The second-order valence-corrected chi connectivity index (χ2v) is 7.72. The first-order chi connectivity index (χ1) is 12.0. The van der Waals surface area contributed by atoms with E-state index in [0.717, 1.165) is 45.6 Å². The van der Waals surface area contributed by atoms with Gasteiger partial charge in [-0.15, -0.1) is 0 Å². The number of carbonyl (C=O) groups excluding carboxylic acids is 1. The normalized spacial score (nSPS) is 25.2. The van der Waals surface area contributed by atoms with Gasteiger partial charge in [-0.1, -0.05) is 23.8 Å². The van der Waals surface area contributed by atoms with Crippen molar-refractivity contribution < 1.29 is 9.53 Å². The van der Waals surface area contributed by atoms with Gasteiger partial charge in [0.05, 0.1) is 12.7 Å². The zero-order valence-corrected chi connectivity index (χ0v) is 16.0. The third-order valence-corrected chi connectivity index (χ3v) is 5.67. The summed E-state index contributed by atoms with van der Waals surface area (Å²) in [4.78, 5) is 16.9. The van der Waals surface area contributed by atoms with Gasteiger partial charge in [-0.3, -0.25) is 9.69 Å². The van der Waals surface area contributed by atoms with Crippen LogP contribution in [-0.4, -0.2) is 54.5 Å². The molecule has 4 heteroatoms. The summed E-state index contributed by atoms with van der Waals surface area (Å²) >= 11 is 0. The Morgan fingerprint density at radius 3 is 2.72 bits per heavy atom. The number of benzene rings is 1. The maximum atomic E-state index is 12.5. The summed E-state index contributed by atoms with van der Waals surface area (Å²) in [7, 11) is 0. The Morgan fingerprint density at radius 1 is 1.20 bits per heavy atom. The molecule has 1 amide bonds. The molecule has 4 nitrogen and oxygen atoms in total. The quantitative estimate of drug-likeness (QED) is 0.838. The molecular formula is C21H32N2O2. The lowest BCUT2D eigenvalue weighted by molar-refractivity contribution is -0.133. The van der Waals surface area contributed by atoms with Gasteiger partial charge in [0.15, 0.2) is 0 Å². The fourth-order valence-corrected chi connectivity index (χ4v) is 3.95. The molecule has 2 atom stereocenters. The van der Waals surface area contributed by atoms with Crippen LogP contribution in [0.15, 0.2) is 18.2 Å². The topological polar surface area (TPSA) is 32.8 Å². The Bertz CT molecular complexity index is 596. The number of carbonyl (C=O) groups is 1. The number of piperidine rings is 1. The van der Waals surface area contributed by atoms with E-state index in [2.05, 4.69) is 48.8 Å². The van der Waals surface area contributed by atoms with Crippen molar-refractivity contribution in [2.75, 3.05) is 32.8 Å². The zero-order valence-electron chi connectivity index (χ0n) is 16.0. The predicted octanol–water partition coefficient (Wildman–Crippen LogP) is 3.47. The molecule has 138 valence electrons. The second kappa shape index (κ2) is 8.33. The number of likely N-dealkylation sites (tertiary alicyclic amines) is 1. The van der Waals surface area contributed by atoms with Crippen molar-refractivity contribution in [2.45, 2.75) is 58.6 Å². The molecule has 0 unspecified atom stereocenters. The maximum Gasteiger partial charge on any atom is 0.223 e. The van der Waals surface area contributed by atoms with Crippen molar-refractivity contribution in [3.8, 4) is 0 Å². The van der Waals surface area contributed by atoms with Crippen molar-refractivity contribution in [1.82, 2.24) is 9.80 Å². The summed E-state index contributed by atoms with van der Waals surface area (Å²) in [6.07, 6.45) is 4.33. The Labute approximate surface area is 152 Å². The number of hydrogen-bond acceptors (Lipinski definition) is 3. The van der Waals surface area contributed by atoms with E-state index in [-0.39, 0.29) is 6.10 Å². The van der Waals surface area contributed by atoms with Crippen molar-refractivity contribution in [3.05, 3.63) is 34.9 Å². The Balaban J connectivity index is 1.59. The van der Waals surface area contributed by atoms with Crippen molar-refractivity contribution >= 4 is 5.91 Å². The molecule has 2 aliphatic heterocycles. The summed E-state index contributed by atoms with van der Waals surface area (Å²) in [6.45, 7) is 10.8. The fraction of sp³-hybridized carbons (Fsp3) is 0.667. The molecule has 0 aromatic heterocycles. The Hall–Kier alpha value is -1.39. The summed E-state index contributed by atoms with van der Waals surface area (Å²) in [5.41, 5.74) is 3.85. The molecule has 2 saturated heterocycles. The van der Waals surface area contributed by atoms with Gasteiger partial charge < -0.3 is 9.64 Å². The lowest BCUT2D eigenvalue weighted by Gasteiger charge is -2.39. The van der Waals surface area contributed by atoms with Crippen LogP contribution in [0.25, 0.3) is 0 Å². The second-order valence-electron chi connectivity index (χ2n) is 7.72. The first-order valence-electron chi connectivity index (χ1n) is 9.75. The minimum Gasteiger partial charge on any atom is -0.371 e. The number of rotatable bonds is 4. The van der Waals surface area contributed by atoms with Crippen LogP contribution in [-0.2, 0) is 9.53 Å². The first-order valence-corrected chi connectivity index (χ1v) is 9.75. The molecule has 1 aromatic carbocycles. The van der Waals surface area contributed by atoms with Gasteiger partial charge in [-0.2, -0.15) is 0 Å². The van der Waals surface area contributed by atoms with Gasteiger partial charge in [-0.25, -0.2) is 0 Å². The van der Waals surface area contributed by atoms with E-state index in [1.807, 2.05) is 0 Å². The van der Waals surface area contributed by atoms with Crippen LogP contribution in [0.2, 0.25) is 0 Å². The molecule has 0 bridgehead atoms. The van der Waals surface area contributed by atoms with Gasteiger partial charge in [0, 0.05) is 38.6 Å². The lowest BCUT2D eigenvalue weighted by atomic mass is 9.98. The monoisotopic (exact) mass is 344 g/mol. The molecule has 0 spiro atoms. The molecule has 0 aliphatic carbocycles. The highest BCUT2D eigenvalue weighted by molar-refractivity contribution is 5.76. The number of hydrogen-bond donors (Lipinski definition) is 0. The van der Waals surface area contributed by atoms with Crippen LogP contribution in [0, 0.1) is 13.8 Å². The minimum atomic E-state index is 0.112. The molecule has 2 heterocycles. The van der Waals surface area contributed by atoms with Gasteiger partial charge >= 0.3 is 0 Å². The molecule has 3 rings (SSSR count). The maximum absolute atomic E-state index is 12.5. The number of amides is 1. The number of nitrogens with zero attached hydrogens (tertiary/aromatic N) is 2. The van der Waals surface area contributed by atoms with Gasteiger partial charge in [0.25, 0.3) is 0 Å². The molecule has 25 heavy (non-hydrogen) atoms. The van der Waals surface area contributed by atoms with Gasteiger partial charge in [0.1, 0.15) is 0 Å². The fourth-order valence-electron chi connectivity index (χ4n) is 3.95. The van der Waals surface area contributed by atoms with Crippen LogP contribution in [0.1, 0.15) is 55.4 Å². The summed E-state index contributed by atoms with van der Waals surface area (Å²) < 4.78 is 6.13. The highest BCUT2D eigenvalue weighted by Crippen LogP contribution is 2.28. The van der Waals surface area contributed by atoms with E-state index in [1.54, 1.807) is 0 Å². The largest absolute Gasteiger partial charge is 0.371 e. The minimum absolute atomic E-state index is 0.112. The third kappa shape index (κ3) is 4.62. The van der Waals surface area contributed by atoms with E-state index in [1.165, 1.54) is 23.1 Å². The SMILES string of the molecule is Cc1ccc(C)c([C@H]2CN(CCC(=O)N3CCCCC3)[C@@H](C)CO2)c1. The van der Waals surface area contributed by atoms with E-state index in [4.69, 9.17) is 4.74 Å². The van der Waals surface area contributed by atoms with E-state index >= 15 is 0 Å². The molecule has 2 fully saturated rings. The molecular weight excluding hydrogens is 312 g/mol. The lowest BCUT2D eigenvalue weighted by Crippen LogP contribution is -2.47. The molecule has 2 aliphatic rings. The van der Waals surface area contributed by atoms with Gasteiger partial charge in [0.2, 0.25) is 5.91 Å². The smallest absolute Gasteiger partial charge is 0.223 e. The average Bonchev–Trinajstić information content (AvgIpc) is 2.63. The zero-order chi connectivity index (χ0) is 17.8. The number of aryl methyl sites for hydroxylation is 2. The average molecular weight is 344 g/mol. The Morgan fingerprint density at radius 2 is 1.96 bits per heavy atom.